The first-order chi connectivity index (χ1) is 10.6. The largest absolute Gasteiger partial charge is 0.326 e. The number of rotatable bonds is 4. The highest BCUT2D eigenvalue weighted by Crippen LogP contribution is 2.27. The normalized spacial score (nSPS) is 13.8. The quantitative estimate of drug-likeness (QED) is 0.658. The van der Waals surface area contributed by atoms with Gasteiger partial charge in [-0.05, 0) is 37.5 Å². The average Bonchev–Trinajstić information content (AvgIpc) is 3.05. The van der Waals surface area contributed by atoms with Crippen LogP contribution < -0.4 is 10.7 Å². The first kappa shape index (κ1) is 15.5. The maximum atomic E-state index is 12.2. The second-order valence-corrected chi connectivity index (χ2v) is 5.30. The molecule has 2 N–H and O–H groups in total. The van der Waals surface area contributed by atoms with Gasteiger partial charge in [-0.1, -0.05) is 18.9 Å². The number of nitrogens with one attached hydrogen (secondary N) is 2. The highest BCUT2D eigenvalue weighted by molar-refractivity contribution is 6.10. The lowest BCUT2D eigenvalue weighted by Gasteiger charge is -2.13. The summed E-state index contributed by atoms with van der Waals surface area (Å²) in [4.78, 5) is 12.2. The zero-order valence-corrected chi connectivity index (χ0v) is 12.4. The molecule has 0 saturated heterocycles. The third kappa shape index (κ3) is 3.83. The van der Waals surface area contributed by atoms with Crippen molar-refractivity contribution in [3.05, 3.63) is 23.8 Å². The van der Waals surface area contributed by atoms with Gasteiger partial charge in [0.1, 0.15) is 12.1 Å². The molecule has 112 valence electrons. The third-order valence-corrected chi connectivity index (χ3v) is 3.73. The van der Waals surface area contributed by atoms with E-state index in [1.165, 1.54) is 0 Å². The molecule has 0 radical (unpaired) electrons. The fourth-order valence-corrected chi connectivity index (χ4v) is 2.44. The van der Waals surface area contributed by atoms with Crippen LogP contribution in [0.1, 0.15) is 31.2 Å². The predicted molar refractivity (Wildman–Crippen MR) is 84.1 cm³/mol. The van der Waals surface area contributed by atoms with E-state index in [-0.39, 0.29) is 17.5 Å². The number of nitriles is 2. The van der Waals surface area contributed by atoms with Gasteiger partial charge in [-0.15, -0.1) is 0 Å². The fraction of sp³-hybridized carbons (Fsp3) is 0.375. The molecule has 1 aliphatic rings. The monoisotopic (exact) mass is 295 g/mol. The van der Waals surface area contributed by atoms with Crippen LogP contribution in [0.5, 0.6) is 0 Å². The molecular weight excluding hydrogens is 278 g/mol. The van der Waals surface area contributed by atoms with Crippen LogP contribution in [-0.4, -0.2) is 11.6 Å². The number of amides is 1. The summed E-state index contributed by atoms with van der Waals surface area (Å²) in [6.07, 6.45) is 4.11. The van der Waals surface area contributed by atoms with Gasteiger partial charge >= 0.3 is 0 Å². The lowest BCUT2D eigenvalue weighted by atomic mass is 10.1. The van der Waals surface area contributed by atoms with E-state index in [1.807, 2.05) is 13.0 Å². The van der Waals surface area contributed by atoms with E-state index in [4.69, 9.17) is 10.5 Å². The second-order valence-electron chi connectivity index (χ2n) is 5.30. The van der Waals surface area contributed by atoms with Gasteiger partial charge in [0.25, 0.3) is 0 Å². The van der Waals surface area contributed by atoms with Crippen LogP contribution in [0, 0.1) is 35.5 Å². The number of hydrogen-bond donors (Lipinski definition) is 2. The topological polar surface area (TPSA) is 101 Å². The zero-order valence-electron chi connectivity index (χ0n) is 12.4. The van der Waals surface area contributed by atoms with E-state index in [1.54, 1.807) is 24.3 Å². The van der Waals surface area contributed by atoms with Crippen LogP contribution in [0.15, 0.2) is 23.3 Å². The van der Waals surface area contributed by atoms with E-state index in [9.17, 15) is 4.79 Å². The molecular formula is C16H17N5O. The van der Waals surface area contributed by atoms with Crippen molar-refractivity contribution >= 4 is 23.0 Å². The van der Waals surface area contributed by atoms with Gasteiger partial charge in [0.15, 0.2) is 0 Å². The minimum absolute atomic E-state index is 0.0518. The fourth-order valence-electron chi connectivity index (χ4n) is 2.44. The Balaban J connectivity index is 2.10. The lowest BCUT2D eigenvalue weighted by molar-refractivity contribution is -0.119. The van der Waals surface area contributed by atoms with Crippen LogP contribution in [0.25, 0.3) is 0 Å². The molecule has 6 heteroatoms. The molecule has 1 aromatic carbocycles. The summed E-state index contributed by atoms with van der Waals surface area (Å²) in [5, 5.41) is 23.9. The van der Waals surface area contributed by atoms with Crippen LogP contribution in [0.2, 0.25) is 0 Å². The standard InChI is InChI=1S/C16H17N5O/c1-11-6-7-13(20-21-14(9-17)10-18)8-15(11)19-16(22)12-4-2-3-5-12/h6-8,12,20H,2-5H2,1H3,(H,19,22). The van der Waals surface area contributed by atoms with Crippen molar-refractivity contribution in [3.63, 3.8) is 0 Å². The van der Waals surface area contributed by atoms with Crippen molar-refractivity contribution in [1.29, 1.82) is 10.5 Å². The molecule has 1 fully saturated rings. The molecule has 0 aromatic heterocycles. The van der Waals surface area contributed by atoms with Crippen LogP contribution in [0.4, 0.5) is 11.4 Å². The maximum absolute atomic E-state index is 12.2. The highest BCUT2D eigenvalue weighted by Gasteiger charge is 2.22. The molecule has 0 bridgehead atoms. The van der Waals surface area contributed by atoms with Gasteiger partial charge in [0.05, 0.1) is 5.69 Å². The molecule has 1 saturated carbocycles. The first-order valence-corrected chi connectivity index (χ1v) is 7.19. The molecule has 6 nitrogen and oxygen atoms in total. The van der Waals surface area contributed by atoms with Gasteiger partial charge in [0.2, 0.25) is 11.6 Å². The maximum Gasteiger partial charge on any atom is 0.237 e. The SMILES string of the molecule is Cc1ccc(NN=C(C#N)C#N)cc1NC(=O)C1CCCC1. The number of hydrazone groups is 1. The number of hydrogen-bond acceptors (Lipinski definition) is 5. The van der Waals surface area contributed by atoms with Crippen molar-refractivity contribution in [1.82, 2.24) is 0 Å². The highest BCUT2D eigenvalue weighted by atomic mass is 16.1. The summed E-state index contributed by atoms with van der Waals surface area (Å²) in [5.74, 6) is 0.147. The first-order valence-electron chi connectivity index (χ1n) is 7.19. The Hall–Kier alpha value is -2.86. The minimum Gasteiger partial charge on any atom is -0.326 e. The lowest BCUT2D eigenvalue weighted by Crippen LogP contribution is -2.20. The molecule has 0 atom stereocenters. The van der Waals surface area contributed by atoms with E-state index < -0.39 is 0 Å². The smallest absolute Gasteiger partial charge is 0.237 e. The number of benzene rings is 1. The zero-order chi connectivity index (χ0) is 15.9. The third-order valence-electron chi connectivity index (χ3n) is 3.73. The van der Waals surface area contributed by atoms with E-state index in [2.05, 4.69) is 15.8 Å². The Morgan fingerprint density at radius 1 is 1.27 bits per heavy atom. The van der Waals surface area contributed by atoms with E-state index in [0.717, 1.165) is 31.2 Å². The van der Waals surface area contributed by atoms with Crippen LogP contribution in [-0.2, 0) is 4.79 Å². The molecule has 1 amide bonds. The van der Waals surface area contributed by atoms with E-state index >= 15 is 0 Å². The Bertz CT molecular complexity index is 659. The summed E-state index contributed by atoms with van der Waals surface area (Å²) in [5.41, 5.74) is 4.66. The Kier molecular flexibility index (Phi) is 5.11. The van der Waals surface area contributed by atoms with Crippen molar-refractivity contribution in [2.75, 3.05) is 10.7 Å². The molecule has 0 aliphatic heterocycles. The summed E-state index contributed by atoms with van der Waals surface area (Å²) in [6, 6.07) is 8.72. The molecule has 1 aliphatic carbocycles. The van der Waals surface area contributed by atoms with Gasteiger partial charge in [0, 0.05) is 11.6 Å². The van der Waals surface area contributed by atoms with Crippen LogP contribution >= 0.6 is 0 Å². The summed E-state index contributed by atoms with van der Waals surface area (Å²) < 4.78 is 0. The summed E-state index contributed by atoms with van der Waals surface area (Å²) in [7, 11) is 0. The van der Waals surface area contributed by atoms with Gasteiger partial charge < -0.3 is 5.32 Å². The van der Waals surface area contributed by atoms with Crippen molar-refractivity contribution < 1.29 is 4.79 Å². The van der Waals surface area contributed by atoms with Crippen LogP contribution in [0.3, 0.4) is 0 Å². The van der Waals surface area contributed by atoms with Gasteiger partial charge in [-0.3, -0.25) is 10.2 Å². The molecule has 2 rings (SSSR count). The number of nitrogens with zero attached hydrogens (tertiary/aromatic N) is 3. The van der Waals surface area contributed by atoms with E-state index in [0.29, 0.717) is 11.4 Å². The summed E-state index contributed by atoms with van der Waals surface area (Å²) >= 11 is 0. The molecule has 1 aromatic rings. The minimum atomic E-state index is -0.253. The average molecular weight is 295 g/mol. The second kappa shape index (κ2) is 7.24. The Morgan fingerprint density at radius 3 is 2.59 bits per heavy atom. The molecule has 0 spiro atoms. The number of carbonyl (C=O) groups is 1. The molecule has 22 heavy (non-hydrogen) atoms. The predicted octanol–water partition coefficient (Wildman–Crippen LogP) is 2.94. The Morgan fingerprint density at radius 2 is 1.95 bits per heavy atom. The van der Waals surface area contributed by atoms with Gasteiger partial charge in [-0.2, -0.15) is 15.6 Å². The van der Waals surface area contributed by atoms with Gasteiger partial charge in [-0.25, -0.2) is 0 Å². The summed E-state index contributed by atoms with van der Waals surface area (Å²) in [6.45, 7) is 1.91. The Labute approximate surface area is 129 Å². The number of aryl methyl sites for hydroxylation is 1. The molecule has 0 unspecified atom stereocenters. The van der Waals surface area contributed by atoms with Crippen molar-refractivity contribution in [2.24, 2.45) is 11.0 Å². The number of anilines is 2. The van der Waals surface area contributed by atoms with Crippen molar-refractivity contribution in [2.45, 2.75) is 32.6 Å². The van der Waals surface area contributed by atoms with Crippen molar-refractivity contribution in [3.8, 4) is 12.1 Å². The number of carbonyl (C=O) groups excluding carboxylic acids is 1. The molecule has 0 heterocycles.